The van der Waals surface area contributed by atoms with Crippen molar-refractivity contribution >= 4 is 17.8 Å². The molecule has 9 heteroatoms. The van der Waals surface area contributed by atoms with E-state index in [1.165, 1.54) is 67.4 Å². The van der Waals surface area contributed by atoms with Gasteiger partial charge in [-0.25, -0.2) is 13.6 Å². The van der Waals surface area contributed by atoms with E-state index in [9.17, 15) is 23.2 Å². The summed E-state index contributed by atoms with van der Waals surface area (Å²) in [6.07, 6.45) is 0. The molecule has 2 aromatic rings. The van der Waals surface area contributed by atoms with E-state index < -0.39 is 35.7 Å². The number of imide groups is 1. The molecule has 2 aromatic carbocycles. The Kier molecular flexibility index (Phi) is 6.00. The topological polar surface area (TPSA) is 79.0 Å². The number of rotatable bonds is 7. The van der Waals surface area contributed by atoms with Gasteiger partial charge in [0.05, 0.1) is 6.54 Å². The number of nitrogens with one attached hydrogen (secondary N) is 1. The number of hydrogen-bond acceptors (Lipinski definition) is 4. The highest BCUT2D eigenvalue weighted by molar-refractivity contribution is 6.09. The van der Waals surface area contributed by atoms with Crippen LogP contribution in [0.15, 0.2) is 48.5 Å². The summed E-state index contributed by atoms with van der Waals surface area (Å²) in [6.45, 7) is 1.43. The van der Waals surface area contributed by atoms with E-state index in [-0.39, 0.29) is 19.0 Å². The van der Waals surface area contributed by atoms with Crippen molar-refractivity contribution in [2.45, 2.75) is 12.5 Å². The van der Waals surface area contributed by atoms with Gasteiger partial charge in [-0.05, 0) is 48.9 Å². The second-order valence-corrected chi connectivity index (χ2v) is 7.07. The van der Waals surface area contributed by atoms with Gasteiger partial charge >= 0.3 is 6.03 Å². The molecule has 0 saturated carbocycles. The molecular weight excluding hydrogens is 396 g/mol. The van der Waals surface area contributed by atoms with Crippen molar-refractivity contribution in [2.75, 3.05) is 26.7 Å². The van der Waals surface area contributed by atoms with E-state index in [1.54, 1.807) is 0 Å². The van der Waals surface area contributed by atoms with Crippen molar-refractivity contribution in [1.29, 1.82) is 0 Å². The number of nitrogens with zero attached hydrogens (tertiary/aromatic N) is 2. The Balaban J connectivity index is 1.57. The average molecular weight is 417 g/mol. The van der Waals surface area contributed by atoms with E-state index in [1.807, 2.05) is 0 Å². The monoisotopic (exact) mass is 417 g/mol. The number of ether oxygens (including phenoxy) is 1. The predicted octanol–water partition coefficient (Wildman–Crippen LogP) is 2.27. The molecule has 1 fully saturated rings. The van der Waals surface area contributed by atoms with Crippen LogP contribution in [-0.2, 0) is 15.1 Å². The summed E-state index contributed by atoms with van der Waals surface area (Å²) in [5.41, 5.74) is -0.965. The van der Waals surface area contributed by atoms with Crippen LogP contribution < -0.4 is 10.1 Å². The molecule has 0 aromatic heterocycles. The zero-order valence-corrected chi connectivity index (χ0v) is 16.5. The SMILES string of the molecule is CN(CCOc1ccc(F)cc1)C(=O)CN1C(=O)N[C@@](C)(c2ccc(F)cc2)C1=O. The Morgan fingerprint density at radius 2 is 1.63 bits per heavy atom. The minimum Gasteiger partial charge on any atom is -0.492 e. The summed E-state index contributed by atoms with van der Waals surface area (Å²) in [6, 6.07) is 10.00. The molecule has 4 amide bonds. The van der Waals surface area contributed by atoms with Gasteiger partial charge in [-0.15, -0.1) is 0 Å². The number of carbonyl (C=O) groups excluding carboxylic acids is 3. The first-order valence-corrected chi connectivity index (χ1v) is 9.23. The van der Waals surface area contributed by atoms with Gasteiger partial charge in [0.1, 0.15) is 36.1 Å². The van der Waals surface area contributed by atoms with Gasteiger partial charge in [0.25, 0.3) is 5.91 Å². The maximum atomic E-state index is 13.2. The van der Waals surface area contributed by atoms with Crippen molar-refractivity contribution in [3.8, 4) is 5.75 Å². The molecule has 1 aliphatic heterocycles. The van der Waals surface area contributed by atoms with E-state index >= 15 is 0 Å². The lowest BCUT2D eigenvalue weighted by molar-refractivity contribution is -0.138. The summed E-state index contributed by atoms with van der Waals surface area (Å²) in [5, 5.41) is 2.57. The first kappa shape index (κ1) is 21.2. The van der Waals surface area contributed by atoms with Crippen LogP contribution in [0.1, 0.15) is 12.5 Å². The third-order valence-corrected chi connectivity index (χ3v) is 4.92. The number of likely N-dealkylation sites (N-methyl/N-ethyl adjacent to an activating group) is 1. The Hall–Kier alpha value is -3.49. The van der Waals surface area contributed by atoms with Gasteiger partial charge in [-0.3, -0.25) is 14.5 Å². The molecule has 1 N–H and O–H groups in total. The second kappa shape index (κ2) is 8.48. The summed E-state index contributed by atoms with van der Waals surface area (Å²) in [4.78, 5) is 39.8. The number of amides is 4. The molecule has 158 valence electrons. The van der Waals surface area contributed by atoms with Crippen molar-refractivity contribution in [2.24, 2.45) is 0 Å². The molecule has 7 nitrogen and oxygen atoms in total. The second-order valence-electron chi connectivity index (χ2n) is 7.07. The van der Waals surface area contributed by atoms with Crippen LogP contribution in [0.3, 0.4) is 0 Å². The summed E-state index contributed by atoms with van der Waals surface area (Å²) < 4.78 is 31.5. The molecule has 3 rings (SSSR count). The van der Waals surface area contributed by atoms with Crippen molar-refractivity contribution in [1.82, 2.24) is 15.1 Å². The van der Waals surface area contributed by atoms with Crippen LogP contribution >= 0.6 is 0 Å². The maximum Gasteiger partial charge on any atom is 0.325 e. The van der Waals surface area contributed by atoms with Gasteiger partial charge in [0.15, 0.2) is 0 Å². The zero-order chi connectivity index (χ0) is 21.9. The van der Waals surface area contributed by atoms with Crippen LogP contribution in [-0.4, -0.2) is 54.4 Å². The minimum absolute atomic E-state index is 0.154. The highest BCUT2D eigenvalue weighted by Gasteiger charge is 2.49. The number of carbonyl (C=O) groups is 3. The van der Waals surface area contributed by atoms with E-state index in [4.69, 9.17) is 4.74 Å². The van der Waals surface area contributed by atoms with E-state index in [2.05, 4.69) is 5.32 Å². The van der Waals surface area contributed by atoms with Gasteiger partial charge in [-0.1, -0.05) is 12.1 Å². The zero-order valence-electron chi connectivity index (χ0n) is 16.5. The number of benzene rings is 2. The number of halogens is 2. The summed E-state index contributed by atoms with van der Waals surface area (Å²) in [5.74, 6) is -1.43. The molecule has 1 saturated heterocycles. The first-order chi connectivity index (χ1) is 14.2. The lowest BCUT2D eigenvalue weighted by Crippen LogP contribution is -2.44. The largest absolute Gasteiger partial charge is 0.492 e. The molecular formula is C21H21F2N3O4. The van der Waals surface area contributed by atoms with Crippen molar-refractivity contribution in [3.63, 3.8) is 0 Å². The van der Waals surface area contributed by atoms with Crippen LogP contribution in [0.4, 0.5) is 13.6 Å². The first-order valence-electron chi connectivity index (χ1n) is 9.23. The number of hydrogen-bond donors (Lipinski definition) is 1. The van der Waals surface area contributed by atoms with Crippen LogP contribution in [0.5, 0.6) is 5.75 Å². The van der Waals surface area contributed by atoms with Gasteiger partial charge in [-0.2, -0.15) is 0 Å². The molecule has 1 heterocycles. The summed E-state index contributed by atoms with van der Waals surface area (Å²) in [7, 11) is 1.52. The Morgan fingerprint density at radius 3 is 2.23 bits per heavy atom. The van der Waals surface area contributed by atoms with E-state index in [0.717, 1.165) is 4.90 Å². The van der Waals surface area contributed by atoms with Gasteiger partial charge < -0.3 is 15.0 Å². The molecule has 1 aliphatic rings. The fourth-order valence-corrected chi connectivity index (χ4v) is 3.03. The fraction of sp³-hybridized carbons (Fsp3) is 0.286. The van der Waals surface area contributed by atoms with Crippen molar-refractivity contribution < 1.29 is 27.9 Å². The molecule has 0 unspecified atom stereocenters. The molecule has 0 bridgehead atoms. The molecule has 1 atom stereocenters. The Morgan fingerprint density at radius 1 is 1.07 bits per heavy atom. The van der Waals surface area contributed by atoms with Crippen LogP contribution in [0.2, 0.25) is 0 Å². The van der Waals surface area contributed by atoms with E-state index in [0.29, 0.717) is 11.3 Å². The lowest BCUT2D eigenvalue weighted by atomic mass is 9.92. The predicted molar refractivity (Wildman–Crippen MR) is 104 cm³/mol. The van der Waals surface area contributed by atoms with Crippen molar-refractivity contribution in [3.05, 3.63) is 65.7 Å². The van der Waals surface area contributed by atoms with Crippen LogP contribution in [0.25, 0.3) is 0 Å². The standard InChI is InChI=1S/C21H21F2N3O4/c1-21(14-3-5-15(22)6-4-14)19(28)26(20(29)24-21)13-18(27)25(2)11-12-30-17-9-7-16(23)8-10-17/h3-10H,11-13H2,1-2H3,(H,24,29)/t21-/m0/s1. The molecule has 0 aliphatic carbocycles. The molecule has 0 spiro atoms. The third-order valence-electron chi connectivity index (χ3n) is 4.92. The smallest absolute Gasteiger partial charge is 0.325 e. The lowest BCUT2D eigenvalue weighted by Gasteiger charge is -2.23. The summed E-state index contributed by atoms with van der Waals surface area (Å²) >= 11 is 0. The Labute approximate surface area is 172 Å². The van der Waals surface area contributed by atoms with Crippen LogP contribution in [0, 0.1) is 11.6 Å². The number of urea groups is 1. The highest BCUT2D eigenvalue weighted by Crippen LogP contribution is 2.28. The maximum absolute atomic E-state index is 13.2. The third kappa shape index (κ3) is 4.40. The highest BCUT2D eigenvalue weighted by atomic mass is 19.1. The van der Waals surface area contributed by atoms with Gasteiger partial charge in [0.2, 0.25) is 5.91 Å². The Bertz CT molecular complexity index is 950. The quantitative estimate of drug-likeness (QED) is 0.701. The fourth-order valence-electron chi connectivity index (χ4n) is 3.03. The average Bonchev–Trinajstić information content (AvgIpc) is 2.93. The van der Waals surface area contributed by atoms with Gasteiger partial charge in [0, 0.05) is 7.05 Å². The molecule has 30 heavy (non-hydrogen) atoms. The minimum atomic E-state index is -1.38. The molecule has 0 radical (unpaired) electrons. The normalized spacial score (nSPS) is 18.3.